The number of hydrogen-bond donors (Lipinski definition) is 1. The van der Waals surface area contributed by atoms with E-state index < -0.39 is 29.6 Å². The Hall–Kier alpha value is -2.88. The van der Waals surface area contributed by atoms with Crippen molar-refractivity contribution in [3.8, 4) is 0 Å². The average molecular weight is 327 g/mol. The first kappa shape index (κ1) is 16.0. The lowest BCUT2D eigenvalue weighted by atomic mass is 9.80. The van der Waals surface area contributed by atoms with Crippen molar-refractivity contribution in [2.24, 2.45) is 0 Å². The van der Waals surface area contributed by atoms with Crippen molar-refractivity contribution < 1.29 is 19.1 Å². The molecule has 0 radical (unpaired) electrons. The standard InChI is InChI=1S/C17H17N3O4/c1-10(2)24-15(22)14(21)20-9-17(8-13(20)18-3)11-6-4-5-7-12(11)19-16(17)23/h4-7,10,13H,8-9H2,1-2H3,(H,19,23)/t13-,17-/m0/s1. The number of hydrogen-bond acceptors (Lipinski definition) is 4. The van der Waals surface area contributed by atoms with Gasteiger partial charge in [-0.25, -0.2) is 11.4 Å². The quantitative estimate of drug-likeness (QED) is 0.479. The number of esters is 1. The molecule has 3 rings (SSSR count). The van der Waals surface area contributed by atoms with Crippen LogP contribution in [0.15, 0.2) is 24.3 Å². The number of ether oxygens (including phenoxy) is 1. The predicted octanol–water partition coefficient (Wildman–Crippen LogP) is 1.31. The van der Waals surface area contributed by atoms with Crippen LogP contribution < -0.4 is 5.32 Å². The summed E-state index contributed by atoms with van der Waals surface area (Å²) >= 11 is 0. The number of para-hydroxylation sites is 1. The Labute approximate surface area is 139 Å². The first-order valence-electron chi connectivity index (χ1n) is 7.68. The van der Waals surface area contributed by atoms with Crippen LogP contribution in [0.4, 0.5) is 5.69 Å². The lowest BCUT2D eigenvalue weighted by Gasteiger charge is -2.20. The highest BCUT2D eigenvalue weighted by atomic mass is 16.5. The van der Waals surface area contributed by atoms with Gasteiger partial charge in [-0.05, 0) is 25.5 Å². The van der Waals surface area contributed by atoms with E-state index in [2.05, 4.69) is 10.2 Å². The second kappa shape index (κ2) is 5.64. The Kier molecular flexibility index (Phi) is 3.76. The smallest absolute Gasteiger partial charge is 0.397 e. The van der Waals surface area contributed by atoms with Crippen LogP contribution in [0.1, 0.15) is 25.8 Å². The molecule has 1 saturated heterocycles. The number of nitrogens with one attached hydrogen (secondary N) is 1. The number of rotatable bonds is 1. The van der Waals surface area contributed by atoms with Crippen LogP contribution in [0, 0.1) is 6.57 Å². The Morgan fingerprint density at radius 3 is 2.79 bits per heavy atom. The fraction of sp³-hybridized carbons (Fsp3) is 0.412. The molecule has 0 aromatic heterocycles. The molecular weight excluding hydrogens is 310 g/mol. The number of fused-ring (bicyclic) bond motifs is 2. The molecule has 124 valence electrons. The number of likely N-dealkylation sites (tertiary alicyclic amines) is 1. The van der Waals surface area contributed by atoms with Crippen LogP contribution in [-0.2, 0) is 24.5 Å². The molecule has 7 heteroatoms. The largest absolute Gasteiger partial charge is 0.456 e. The van der Waals surface area contributed by atoms with Gasteiger partial charge in [0, 0.05) is 12.2 Å². The topological polar surface area (TPSA) is 80.1 Å². The van der Waals surface area contributed by atoms with Gasteiger partial charge >= 0.3 is 18.0 Å². The van der Waals surface area contributed by atoms with Gasteiger partial charge in [0.05, 0.1) is 12.5 Å². The Balaban J connectivity index is 1.93. The van der Waals surface area contributed by atoms with E-state index in [-0.39, 0.29) is 18.9 Å². The van der Waals surface area contributed by atoms with Crippen molar-refractivity contribution in [1.29, 1.82) is 0 Å². The number of anilines is 1. The van der Waals surface area contributed by atoms with Crippen LogP contribution in [0.5, 0.6) is 0 Å². The Bertz CT molecular complexity index is 767. The molecule has 1 fully saturated rings. The number of nitrogens with zero attached hydrogens (tertiary/aromatic N) is 2. The van der Waals surface area contributed by atoms with E-state index in [1.807, 2.05) is 18.2 Å². The van der Waals surface area contributed by atoms with Crippen molar-refractivity contribution in [3.05, 3.63) is 41.2 Å². The first-order valence-corrected chi connectivity index (χ1v) is 7.68. The molecule has 1 N–H and O–H groups in total. The van der Waals surface area contributed by atoms with Crippen LogP contribution >= 0.6 is 0 Å². The minimum atomic E-state index is -0.998. The monoisotopic (exact) mass is 327 g/mol. The second-order valence-electron chi connectivity index (χ2n) is 6.28. The van der Waals surface area contributed by atoms with E-state index in [1.54, 1.807) is 19.9 Å². The van der Waals surface area contributed by atoms with Crippen molar-refractivity contribution in [2.75, 3.05) is 11.9 Å². The Morgan fingerprint density at radius 1 is 1.42 bits per heavy atom. The molecule has 1 aromatic rings. The van der Waals surface area contributed by atoms with Crippen LogP contribution in [0.2, 0.25) is 0 Å². The molecule has 0 saturated carbocycles. The van der Waals surface area contributed by atoms with Crippen LogP contribution in [0.3, 0.4) is 0 Å². The van der Waals surface area contributed by atoms with Gasteiger partial charge in [0.15, 0.2) is 0 Å². The summed E-state index contributed by atoms with van der Waals surface area (Å²) in [6.45, 7) is 10.6. The van der Waals surface area contributed by atoms with E-state index in [0.717, 1.165) is 10.5 Å². The van der Waals surface area contributed by atoms with Crippen LogP contribution in [0.25, 0.3) is 4.85 Å². The number of amides is 2. The highest BCUT2D eigenvalue weighted by Crippen LogP contribution is 2.46. The SMILES string of the molecule is [C-]#[N+][C@@H]1C[C@@]2(CN1C(=O)C(=O)OC(C)C)C(=O)Nc1ccccc12. The van der Waals surface area contributed by atoms with E-state index in [1.165, 1.54) is 0 Å². The molecule has 1 spiro atoms. The summed E-state index contributed by atoms with van der Waals surface area (Å²) in [5.41, 5.74) is 0.459. The third kappa shape index (κ3) is 2.31. The lowest BCUT2D eigenvalue weighted by molar-refractivity contribution is -0.163. The summed E-state index contributed by atoms with van der Waals surface area (Å²) in [5, 5.41) is 2.80. The van der Waals surface area contributed by atoms with E-state index in [9.17, 15) is 14.4 Å². The van der Waals surface area contributed by atoms with Gasteiger partial charge in [-0.15, -0.1) is 0 Å². The number of benzene rings is 1. The molecule has 7 nitrogen and oxygen atoms in total. The van der Waals surface area contributed by atoms with Crippen molar-refractivity contribution in [1.82, 2.24) is 4.90 Å². The maximum atomic E-state index is 12.6. The minimum Gasteiger partial charge on any atom is -0.456 e. The van der Waals surface area contributed by atoms with Gasteiger partial charge in [0.25, 0.3) is 0 Å². The van der Waals surface area contributed by atoms with Gasteiger partial charge < -0.3 is 10.1 Å². The summed E-state index contributed by atoms with van der Waals surface area (Å²) in [6.07, 6.45) is -1.13. The second-order valence-corrected chi connectivity index (χ2v) is 6.28. The molecule has 24 heavy (non-hydrogen) atoms. The molecule has 0 bridgehead atoms. The lowest BCUT2D eigenvalue weighted by Crippen LogP contribution is -2.43. The molecule has 0 aliphatic carbocycles. The summed E-state index contributed by atoms with van der Waals surface area (Å²) in [6, 6.07) is 7.22. The maximum Gasteiger partial charge on any atom is 0.397 e. The third-order valence-corrected chi connectivity index (χ3v) is 4.38. The zero-order valence-electron chi connectivity index (χ0n) is 13.4. The molecule has 2 amide bonds. The van der Waals surface area contributed by atoms with Gasteiger partial charge in [-0.3, -0.25) is 19.3 Å². The number of carbonyl (C=O) groups excluding carboxylic acids is 3. The zero-order valence-corrected chi connectivity index (χ0v) is 13.4. The Morgan fingerprint density at radius 2 is 2.12 bits per heavy atom. The molecule has 1 aromatic carbocycles. The predicted molar refractivity (Wildman–Crippen MR) is 84.7 cm³/mol. The molecule has 2 heterocycles. The first-order chi connectivity index (χ1) is 11.4. The normalized spacial score (nSPS) is 24.7. The highest BCUT2D eigenvalue weighted by Gasteiger charge is 2.59. The van der Waals surface area contributed by atoms with Gasteiger partial charge in [-0.2, -0.15) is 0 Å². The van der Waals surface area contributed by atoms with E-state index in [0.29, 0.717) is 5.69 Å². The van der Waals surface area contributed by atoms with Gasteiger partial charge in [0.1, 0.15) is 5.41 Å². The molecule has 2 aliphatic rings. The zero-order chi connectivity index (χ0) is 17.5. The number of carbonyl (C=O) groups is 3. The summed E-state index contributed by atoms with van der Waals surface area (Å²) in [4.78, 5) is 41.5. The molecular formula is C17H17N3O4. The van der Waals surface area contributed by atoms with Gasteiger partial charge in [0.2, 0.25) is 5.91 Å². The summed E-state index contributed by atoms with van der Waals surface area (Å²) in [7, 11) is 0. The van der Waals surface area contributed by atoms with Gasteiger partial charge in [-0.1, -0.05) is 18.2 Å². The van der Waals surface area contributed by atoms with Crippen molar-refractivity contribution in [3.63, 3.8) is 0 Å². The summed E-state index contributed by atoms with van der Waals surface area (Å²) in [5.74, 6) is -2.12. The fourth-order valence-electron chi connectivity index (χ4n) is 3.32. The highest BCUT2D eigenvalue weighted by molar-refractivity contribution is 6.32. The van der Waals surface area contributed by atoms with E-state index in [4.69, 9.17) is 11.3 Å². The van der Waals surface area contributed by atoms with Crippen LogP contribution in [-0.4, -0.2) is 41.5 Å². The molecule has 2 aliphatic heterocycles. The molecule has 2 atom stereocenters. The summed E-state index contributed by atoms with van der Waals surface area (Å²) < 4.78 is 4.93. The molecule has 0 unspecified atom stereocenters. The average Bonchev–Trinajstić information content (AvgIpc) is 3.06. The van der Waals surface area contributed by atoms with Crippen molar-refractivity contribution in [2.45, 2.75) is 38.0 Å². The van der Waals surface area contributed by atoms with Crippen molar-refractivity contribution >= 4 is 23.5 Å². The third-order valence-electron chi connectivity index (χ3n) is 4.38. The van der Waals surface area contributed by atoms with E-state index >= 15 is 0 Å². The fourth-order valence-corrected chi connectivity index (χ4v) is 3.32. The maximum absolute atomic E-state index is 12.6. The minimum absolute atomic E-state index is 0.00504.